The molecule has 0 saturated carbocycles. The largest absolute Gasteiger partial charge is 0.497 e. The lowest BCUT2D eigenvalue weighted by Crippen LogP contribution is -2.31. The molecule has 8 heteroatoms. The first-order chi connectivity index (χ1) is 15.7. The minimum atomic E-state index is -0.312. The van der Waals surface area contributed by atoms with Crippen molar-refractivity contribution in [3.63, 3.8) is 0 Å². The lowest BCUT2D eigenvalue weighted by Gasteiger charge is -2.18. The van der Waals surface area contributed by atoms with E-state index < -0.39 is 0 Å². The number of ether oxygens (including phenoxy) is 1. The molecule has 0 unspecified atom stereocenters. The highest BCUT2D eigenvalue weighted by molar-refractivity contribution is 7.22. The molecule has 0 fully saturated rings. The second-order valence-electron chi connectivity index (χ2n) is 6.98. The van der Waals surface area contributed by atoms with Crippen molar-refractivity contribution in [3.05, 3.63) is 90.4 Å². The predicted octanol–water partition coefficient (Wildman–Crippen LogP) is 5.20. The summed E-state index contributed by atoms with van der Waals surface area (Å²) in [6.07, 6.45) is 1.70. The highest BCUT2D eigenvalue weighted by atomic mass is 32.1. The van der Waals surface area contributed by atoms with Crippen LogP contribution in [0.4, 0.5) is 5.13 Å². The maximum Gasteiger partial charge on any atom is 0.282 e. The van der Waals surface area contributed by atoms with E-state index in [1.165, 1.54) is 11.3 Å². The van der Waals surface area contributed by atoms with Crippen molar-refractivity contribution in [1.29, 1.82) is 0 Å². The molecule has 3 aromatic heterocycles. The fourth-order valence-electron chi connectivity index (χ4n) is 3.27. The van der Waals surface area contributed by atoms with Gasteiger partial charge < -0.3 is 9.26 Å². The average Bonchev–Trinajstić information content (AvgIpc) is 3.50. The molecule has 0 atom stereocenters. The zero-order valence-corrected chi connectivity index (χ0v) is 18.0. The van der Waals surface area contributed by atoms with E-state index in [4.69, 9.17) is 9.26 Å². The summed E-state index contributed by atoms with van der Waals surface area (Å²) < 4.78 is 11.7. The first-order valence-electron chi connectivity index (χ1n) is 9.90. The number of methoxy groups -OCH3 is 1. The zero-order chi connectivity index (χ0) is 21.9. The lowest BCUT2D eigenvalue weighted by molar-refractivity contribution is 0.0976. The number of amides is 1. The molecule has 3 heterocycles. The van der Waals surface area contributed by atoms with Crippen LogP contribution >= 0.6 is 11.3 Å². The summed E-state index contributed by atoms with van der Waals surface area (Å²) in [7, 11) is 1.61. The molecule has 1 amide bonds. The van der Waals surface area contributed by atoms with Crippen molar-refractivity contribution >= 4 is 32.6 Å². The van der Waals surface area contributed by atoms with Crippen LogP contribution < -0.4 is 9.64 Å². The normalized spacial score (nSPS) is 10.9. The van der Waals surface area contributed by atoms with Gasteiger partial charge >= 0.3 is 0 Å². The summed E-state index contributed by atoms with van der Waals surface area (Å²) in [6, 6.07) is 22.4. The molecule has 0 N–H and O–H groups in total. The number of fused-ring (bicyclic) bond motifs is 1. The van der Waals surface area contributed by atoms with Crippen molar-refractivity contribution in [1.82, 2.24) is 15.1 Å². The van der Waals surface area contributed by atoms with Crippen molar-refractivity contribution in [2.45, 2.75) is 6.54 Å². The van der Waals surface area contributed by atoms with Gasteiger partial charge in [-0.05, 0) is 24.3 Å². The first kappa shape index (κ1) is 19.9. The van der Waals surface area contributed by atoms with E-state index in [9.17, 15) is 4.79 Å². The second kappa shape index (κ2) is 8.60. The smallest absolute Gasteiger partial charge is 0.282 e. The minimum absolute atomic E-state index is 0.205. The number of anilines is 1. The monoisotopic (exact) mass is 442 g/mol. The second-order valence-corrected chi connectivity index (χ2v) is 7.99. The van der Waals surface area contributed by atoms with Crippen LogP contribution in [-0.4, -0.2) is 28.1 Å². The third-order valence-electron chi connectivity index (χ3n) is 4.89. The molecule has 5 aromatic rings. The van der Waals surface area contributed by atoms with E-state index in [0.29, 0.717) is 16.6 Å². The SMILES string of the molecule is COc1ccc2sc(N(Cc3ccccn3)C(=O)c3cc(-c4ccccc4)on3)nc2c1. The van der Waals surface area contributed by atoms with Gasteiger partial charge in [-0.15, -0.1) is 0 Å². The van der Waals surface area contributed by atoms with Crippen LogP contribution in [0, 0.1) is 0 Å². The van der Waals surface area contributed by atoms with Crippen molar-refractivity contribution in [3.8, 4) is 17.1 Å². The molecule has 0 aliphatic heterocycles. The lowest BCUT2D eigenvalue weighted by atomic mass is 10.1. The summed E-state index contributed by atoms with van der Waals surface area (Å²) in [5.74, 6) is 0.925. The number of pyridine rings is 1. The van der Waals surface area contributed by atoms with Crippen LogP contribution in [-0.2, 0) is 6.54 Å². The zero-order valence-electron chi connectivity index (χ0n) is 17.1. The average molecular weight is 443 g/mol. The number of nitrogens with zero attached hydrogens (tertiary/aromatic N) is 4. The molecule has 7 nitrogen and oxygen atoms in total. The Labute approximate surface area is 187 Å². The summed E-state index contributed by atoms with van der Waals surface area (Å²) in [6.45, 7) is 0.254. The van der Waals surface area contributed by atoms with Gasteiger partial charge in [0.05, 0.1) is 29.6 Å². The number of carbonyl (C=O) groups excluding carboxylic acids is 1. The summed E-state index contributed by atoms with van der Waals surface area (Å²) >= 11 is 1.42. The van der Waals surface area contributed by atoms with E-state index >= 15 is 0 Å². The van der Waals surface area contributed by atoms with Gasteiger partial charge in [-0.2, -0.15) is 0 Å². The molecule has 0 radical (unpaired) electrons. The molecule has 158 valence electrons. The Morgan fingerprint density at radius 3 is 2.69 bits per heavy atom. The van der Waals surface area contributed by atoms with E-state index in [1.54, 1.807) is 24.3 Å². The number of carbonyl (C=O) groups is 1. The Morgan fingerprint density at radius 1 is 1.06 bits per heavy atom. The number of benzene rings is 2. The van der Waals surface area contributed by atoms with Gasteiger partial charge in [0.25, 0.3) is 5.91 Å². The molecule has 0 saturated heterocycles. The summed E-state index contributed by atoms with van der Waals surface area (Å²) in [5, 5.41) is 4.58. The van der Waals surface area contributed by atoms with Gasteiger partial charge in [-0.3, -0.25) is 14.7 Å². The molecule has 32 heavy (non-hydrogen) atoms. The van der Waals surface area contributed by atoms with Crippen molar-refractivity contribution < 1.29 is 14.1 Å². The molecule has 0 spiro atoms. The number of aromatic nitrogens is 3. The summed E-state index contributed by atoms with van der Waals surface area (Å²) in [5.41, 5.74) is 2.55. The van der Waals surface area contributed by atoms with Crippen LogP contribution in [0.15, 0.2) is 83.5 Å². The third-order valence-corrected chi connectivity index (χ3v) is 5.95. The van der Waals surface area contributed by atoms with E-state index in [-0.39, 0.29) is 18.1 Å². The van der Waals surface area contributed by atoms with Gasteiger partial charge in [-0.1, -0.05) is 52.9 Å². The molecule has 2 aromatic carbocycles. The van der Waals surface area contributed by atoms with Gasteiger partial charge in [0.15, 0.2) is 16.6 Å². The quantitative estimate of drug-likeness (QED) is 0.359. The van der Waals surface area contributed by atoms with Gasteiger partial charge in [0.2, 0.25) is 0 Å². The Hall–Kier alpha value is -4.04. The minimum Gasteiger partial charge on any atom is -0.497 e. The van der Waals surface area contributed by atoms with E-state index in [0.717, 1.165) is 21.5 Å². The fourth-order valence-corrected chi connectivity index (χ4v) is 4.21. The molecule has 5 rings (SSSR count). The standard InChI is InChI=1S/C24H18N4O3S/c1-30-18-10-11-22-19(13-18)26-24(32-22)28(15-17-9-5-6-12-25-17)23(29)20-14-21(31-27-20)16-7-3-2-4-8-16/h2-14H,15H2,1H3. The number of hydrogen-bond acceptors (Lipinski definition) is 7. The van der Waals surface area contributed by atoms with Crippen LogP contribution in [0.1, 0.15) is 16.2 Å². The Morgan fingerprint density at radius 2 is 1.91 bits per heavy atom. The maximum atomic E-state index is 13.5. The van der Waals surface area contributed by atoms with Gasteiger partial charge in [-0.25, -0.2) is 4.98 Å². The number of rotatable bonds is 6. The van der Waals surface area contributed by atoms with Gasteiger partial charge in [0, 0.05) is 23.9 Å². The molecule has 0 aliphatic carbocycles. The highest BCUT2D eigenvalue weighted by Gasteiger charge is 2.25. The van der Waals surface area contributed by atoms with Crippen LogP contribution in [0.2, 0.25) is 0 Å². The maximum absolute atomic E-state index is 13.5. The number of hydrogen-bond donors (Lipinski definition) is 0. The number of thiazole rings is 1. The van der Waals surface area contributed by atoms with Crippen molar-refractivity contribution in [2.75, 3.05) is 12.0 Å². The van der Waals surface area contributed by atoms with Gasteiger partial charge in [0.1, 0.15) is 5.75 Å². The van der Waals surface area contributed by atoms with Crippen LogP contribution in [0.25, 0.3) is 21.5 Å². The molecule has 0 bridgehead atoms. The molecular formula is C24H18N4O3S. The third kappa shape index (κ3) is 3.95. The fraction of sp³-hybridized carbons (Fsp3) is 0.0833. The van der Waals surface area contributed by atoms with Crippen LogP contribution in [0.5, 0.6) is 5.75 Å². The summed E-state index contributed by atoms with van der Waals surface area (Å²) in [4.78, 5) is 24.1. The molecule has 0 aliphatic rings. The Balaban J connectivity index is 1.53. The Bertz CT molecular complexity index is 1370. The first-order valence-corrected chi connectivity index (χ1v) is 10.7. The van der Waals surface area contributed by atoms with Crippen molar-refractivity contribution in [2.24, 2.45) is 0 Å². The van der Waals surface area contributed by atoms with E-state index in [1.807, 2.05) is 66.7 Å². The Kier molecular flexibility index (Phi) is 5.35. The molecular weight excluding hydrogens is 424 g/mol. The predicted molar refractivity (Wildman–Crippen MR) is 123 cm³/mol. The highest BCUT2D eigenvalue weighted by Crippen LogP contribution is 2.33. The van der Waals surface area contributed by atoms with E-state index in [2.05, 4.69) is 15.1 Å². The van der Waals surface area contributed by atoms with Crippen LogP contribution in [0.3, 0.4) is 0 Å². The topological polar surface area (TPSA) is 81.4 Å².